The van der Waals surface area contributed by atoms with Crippen molar-refractivity contribution in [3.63, 3.8) is 0 Å². The van der Waals surface area contributed by atoms with Crippen LogP contribution in [-0.2, 0) is 15.6 Å². The molecule has 1 atom stereocenters. The molecule has 7 nitrogen and oxygen atoms in total. The fourth-order valence-electron chi connectivity index (χ4n) is 4.74. The number of alkyl halides is 1. The summed E-state index contributed by atoms with van der Waals surface area (Å²) in [5.74, 6) is -0.302. The van der Waals surface area contributed by atoms with E-state index in [-0.39, 0.29) is 30.1 Å². The molecule has 34 heavy (non-hydrogen) atoms. The van der Waals surface area contributed by atoms with Gasteiger partial charge in [0.05, 0.1) is 10.6 Å². The third-order valence-electron chi connectivity index (χ3n) is 6.59. The molecular formula is C23H27Cl2FN4O3S. The molecule has 0 spiro atoms. The van der Waals surface area contributed by atoms with E-state index in [2.05, 4.69) is 10.3 Å². The summed E-state index contributed by atoms with van der Waals surface area (Å²) in [6.07, 6.45) is 2.28. The minimum absolute atomic E-state index is 0.0828. The van der Waals surface area contributed by atoms with Gasteiger partial charge in [-0.3, -0.25) is 9.78 Å². The lowest BCUT2D eigenvalue weighted by Gasteiger charge is -2.45. The zero-order valence-electron chi connectivity index (χ0n) is 18.8. The van der Waals surface area contributed by atoms with Gasteiger partial charge in [0.15, 0.2) is 0 Å². The van der Waals surface area contributed by atoms with E-state index < -0.39 is 21.8 Å². The first-order chi connectivity index (χ1) is 16.1. The van der Waals surface area contributed by atoms with E-state index in [0.29, 0.717) is 42.9 Å². The molecule has 0 saturated carbocycles. The molecule has 184 valence electrons. The largest absolute Gasteiger partial charge is 0.350 e. The summed E-state index contributed by atoms with van der Waals surface area (Å²) in [5, 5.41) is 3.73. The minimum atomic E-state index is -3.67. The van der Waals surface area contributed by atoms with Crippen LogP contribution in [-0.4, -0.2) is 66.3 Å². The number of rotatable bonds is 7. The quantitative estimate of drug-likeness (QED) is 0.591. The van der Waals surface area contributed by atoms with Crippen LogP contribution >= 0.6 is 23.2 Å². The van der Waals surface area contributed by atoms with Gasteiger partial charge in [-0.15, -0.1) is 0 Å². The molecule has 2 saturated heterocycles. The minimum Gasteiger partial charge on any atom is -0.350 e. The molecule has 0 bridgehead atoms. The van der Waals surface area contributed by atoms with Crippen molar-refractivity contribution in [1.82, 2.24) is 18.9 Å². The number of halogens is 3. The number of carbonyl (C=O) groups is 1. The van der Waals surface area contributed by atoms with Crippen molar-refractivity contribution in [3.05, 3.63) is 63.9 Å². The molecular weight excluding hydrogens is 502 g/mol. The Labute approximate surface area is 209 Å². The number of aromatic nitrogens is 1. The first kappa shape index (κ1) is 25.3. The maximum absolute atomic E-state index is 13.2. The molecule has 0 radical (unpaired) electrons. The molecule has 2 aliphatic heterocycles. The van der Waals surface area contributed by atoms with E-state index in [1.807, 2.05) is 25.1 Å². The summed E-state index contributed by atoms with van der Waals surface area (Å²) in [5.41, 5.74) is 0.790. The molecule has 1 aromatic heterocycles. The highest BCUT2D eigenvalue weighted by Gasteiger charge is 2.45. The average molecular weight is 529 g/mol. The highest BCUT2D eigenvalue weighted by Crippen LogP contribution is 2.40. The Morgan fingerprint density at radius 3 is 2.50 bits per heavy atom. The van der Waals surface area contributed by atoms with Gasteiger partial charge in [0.2, 0.25) is 0 Å². The maximum Gasteiger partial charge on any atom is 0.282 e. The molecule has 3 heterocycles. The van der Waals surface area contributed by atoms with Crippen molar-refractivity contribution in [3.8, 4) is 0 Å². The Bertz CT molecular complexity index is 1140. The molecule has 1 aromatic carbocycles. The normalized spacial score (nSPS) is 20.5. The maximum atomic E-state index is 13.2. The number of carbonyl (C=O) groups excluding carboxylic acids is 1. The predicted octanol–water partition coefficient (Wildman–Crippen LogP) is 3.83. The van der Waals surface area contributed by atoms with Crippen LogP contribution in [0.25, 0.3) is 0 Å². The summed E-state index contributed by atoms with van der Waals surface area (Å²) in [6.45, 7) is 2.35. The van der Waals surface area contributed by atoms with Crippen LogP contribution in [0.4, 0.5) is 4.39 Å². The van der Waals surface area contributed by atoms with Gasteiger partial charge in [0.1, 0.15) is 6.17 Å². The van der Waals surface area contributed by atoms with Crippen LogP contribution in [0, 0.1) is 0 Å². The molecule has 2 fully saturated rings. The van der Waals surface area contributed by atoms with Gasteiger partial charge in [0, 0.05) is 54.5 Å². The second-order valence-corrected chi connectivity index (χ2v) is 11.8. The number of nitrogens with one attached hydrogen (secondary N) is 1. The van der Waals surface area contributed by atoms with Crippen molar-refractivity contribution < 1.29 is 17.6 Å². The first-order valence-electron chi connectivity index (χ1n) is 11.2. The smallest absolute Gasteiger partial charge is 0.282 e. The molecule has 11 heteroatoms. The molecule has 2 aliphatic rings. The second-order valence-electron chi connectivity index (χ2n) is 9.02. The van der Waals surface area contributed by atoms with Crippen molar-refractivity contribution in [2.24, 2.45) is 0 Å². The Morgan fingerprint density at radius 2 is 1.91 bits per heavy atom. The Morgan fingerprint density at radius 1 is 1.21 bits per heavy atom. The molecule has 4 rings (SSSR count). The van der Waals surface area contributed by atoms with Crippen molar-refractivity contribution in [2.45, 2.75) is 43.8 Å². The first-order valence-corrected chi connectivity index (χ1v) is 13.3. The van der Waals surface area contributed by atoms with E-state index in [9.17, 15) is 17.6 Å². The molecule has 1 N–H and O–H groups in total. The standard InChI is InChI=1S/C23H27Cl2FN4O3S/c1-16(28-22(31)19-6-5-17(24)12-20(19)25)13-23(21-4-2-3-9-27-21)7-10-29(11-8-23)34(32,33)30-14-18(26)15-30/h2-6,9,12,16,18H,7-8,10-11,13-15H2,1H3,(H,28,31). The van der Waals surface area contributed by atoms with E-state index in [1.165, 1.54) is 14.7 Å². The third kappa shape index (κ3) is 5.23. The summed E-state index contributed by atoms with van der Waals surface area (Å²) < 4.78 is 41.5. The SMILES string of the molecule is CC(CC1(c2ccccn2)CCN(S(=O)(=O)N2CC(F)C2)CC1)NC(=O)c1ccc(Cl)cc1Cl. The van der Waals surface area contributed by atoms with E-state index in [1.54, 1.807) is 18.3 Å². The lowest BCUT2D eigenvalue weighted by molar-refractivity contribution is 0.0924. The fraction of sp³-hybridized carbons (Fsp3) is 0.478. The van der Waals surface area contributed by atoms with Gasteiger partial charge >= 0.3 is 0 Å². The van der Waals surface area contributed by atoms with Gasteiger partial charge in [-0.2, -0.15) is 17.0 Å². The zero-order chi connectivity index (χ0) is 24.5. The second kappa shape index (κ2) is 10.1. The number of benzene rings is 1. The van der Waals surface area contributed by atoms with Crippen LogP contribution in [0.2, 0.25) is 10.0 Å². The molecule has 0 aliphatic carbocycles. The van der Waals surface area contributed by atoms with Gasteiger partial charge < -0.3 is 5.32 Å². The summed E-state index contributed by atoms with van der Waals surface area (Å²) in [7, 11) is -3.67. The van der Waals surface area contributed by atoms with Gasteiger partial charge in [0.25, 0.3) is 16.1 Å². The molecule has 1 unspecified atom stereocenters. The zero-order valence-corrected chi connectivity index (χ0v) is 21.1. The highest BCUT2D eigenvalue weighted by molar-refractivity contribution is 7.86. The summed E-state index contributed by atoms with van der Waals surface area (Å²) in [6, 6.07) is 10.2. The third-order valence-corrected chi connectivity index (χ3v) is 9.11. The highest BCUT2D eigenvalue weighted by atomic mass is 35.5. The lowest BCUT2D eigenvalue weighted by atomic mass is 9.71. The monoisotopic (exact) mass is 528 g/mol. The number of hydrogen-bond acceptors (Lipinski definition) is 4. The van der Waals surface area contributed by atoms with Crippen LogP contribution < -0.4 is 5.32 Å². The van der Waals surface area contributed by atoms with Gasteiger partial charge in [-0.05, 0) is 56.5 Å². The number of amides is 1. The van der Waals surface area contributed by atoms with Gasteiger partial charge in [-0.25, -0.2) is 4.39 Å². The molecule has 2 aromatic rings. The number of pyridine rings is 1. The molecule has 1 amide bonds. The van der Waals surface area contributed by atoms with Crippen molar-refractivity contribution in [2.75, 3.05) is 26.2 Å². The lowest BCUT2D eigenvalue weighted by Crippen LogP contribution is -2.58. The number of piperidine rings is 1. The number of hydrogen-bond donors (Lipinski definition) is 1. The van der Waals surface area contributed by atoms with E-state index >= 15 is 0 Å². The average Bonchev–Trinajstić information content (AvgIpc) is 2.77. The van der Waals surface area contributed by atoms with Gasteiger partial charge in [-0.1, -0.05) is 29.3 Å². The summed E-state index contributed by atoms with van der Waals surface area (Å²) in [4.78, 5) is 17.4. The Hall–Kier alpha value is -1.78. The van der Waals surface area contributed by atoms with Crippen LogP contribution in [0.5, 0.6) is 0 Å². The van der Waals surface area contributed by atoms with Crippen molar-refractivity contribution >= 4 is 39.3 Å². The Kier molecular flexibility index (Phi) is 7.50. The summed E-state index contributed by atoms with van der Waals surface area (Å²) >= 11 is 12.1. The Balaban J connectivity index is 1.48. The predicted molar refractivity (Wildman–Crippen MR) is 130 cm³/mol. The topological polar surface area (TPSA) is 82.6 Å². The fourth-order valence-corrected chi connectivity index (χ4v) is 6.90. The van der Waals surface area contributed by atoms with Crippen LogP contribution in [0.15, 0.2) is 42.6 Å². The van der Waals surface area contributed by atoms with Crippen LogP contribution in [0.3, 0.4) is 0 Å². The van der Waals surface area contributed by atoms with Crippen molar-refractivity contribution in [1.29, 1.82) is 0 Å². The van der Waals surface area contributed by atoms with Crippen LogP contribution in [0.1, 0.15) is 42.2 Å². The van der Waals surface area contributed by atoms with E-state index in [4.69, 9.17) is 23.2 Å². The number of nitrogens with zero attached hydrogens (tertiary/aromatic N) is 3. The van der Waals surface area contributed by atoms with E-state index in [0.717, 1.165) is 5.69 Å².